The lowest BCUT2D eigenvalue weighted by atomic mass is 9.88. The first-order valence-corrected chi connectivity index (χ1v) is 9.50. The Morgan fingerprint density at radius 1 is 1.20 bits per heavy atom. The van der Waals surface area contributed by atoms with Crippen LogP contribution >= 0.6 is 11.8 Å². The van der Waals surface area contributed by atoms with E-state index < -0.39 is 17.8 Å². The summed E-state index contributed by atoms with van der Waals surface area (Å²) < 4.78 is 10.6. The first kappa shape index (κ1) is 21.4. The maximum absolute atomic E-state index is 12.2. The Hall–Kier alpha value is -1.66. The molecule has 1 aromatic carbocycles. The summed E-state index contributed by atoms with van der Waals surface area (Å²) in [5.74, 6) is -1.19. The Balaban J connectivity index is 2.57. The molecule has 0 spiro atoms. The quantitative estimate of drug-likeness (QED) is 0.321. The van der Waals surface area contributed by atoms with Gasteiger partial charge in [-0.3, -0.25) is 9.59 Å². The van der Waals surface area contributed by atoms with Crippen molar-refractivity contribution in [1.29, 1.82) is 0 Å². The van der Waals surface area contributed by atoms with Gasteiger partial charge in [-0.1, -0.05) is 49.0 Å². The molecule has 138 valence electrons. The Labute approximate surface area is 153 Å². The Bertz CT molecular complexity index is 532. The zero-order chi connectivity index (χ0) is 18.5. The highest BCUT2D eigenvalue weighted by molar-refractivity contribution is 8.13. The molecule has 0 N–H and O–H groups in total. The van der Waals surface area contributed by atoms with Crippen molar-refractivity contribution in [2.45, 2.75) is 33.3 Å². The lowest BCUT2D eigenvalue weighted by molar-refractivity contribution is -0.152. The first-order valence-electron chi connectivity index (χ1n) is 8.51. The molecule has 2 unspecified atom stereocenters. The van der Waals surface area contributed by atoms with Crippen molar-refractivity contribution in [3.63, 3.8) is 0 Å². The maximum atomic E-state index is 12.2. The van der Waals surface area contributed by atoms with Gasteiger partial charge in [-0.25, -0.2) is 0 Å². The van der Waals surface area contributed by atoms with Crippen LogP contribution in [0.25, 0.3) is 0 Å². The zero-order valence-electron chi connectivity index (χ0n) is 14.8. The molecule has 5 nitrogen and oxygen atoms in total. The number of hydrogen-bond donors (Lipinski definition) is 0. The number of benzene rings is 1. The second-order valence-corrected chi connectivity index (χ2v) is 6.82. The molecule has 2 atom stereocenters. The Morgan fingerprint density at radius 3 is 2.52 bits per heavy atom. The molecule has 1 aromatic rings. The second-order valence-electron chi connectivity index (χ2n) is 5.49. The van der Waals surface area contributed by atoms with Gasteiger partial charge in [0.25, 0.3) is 0 Å². The van der Waals surface area contributed by atoms with Gasteiger partial charge >= 0.3 is 5.97 Å². The summed E-state index contributed by atoms with van der Waals surface area (Å²) in [4.78, 5) is 35.5. The summed E-state index contributed by atoms with van der Waals surface area (Å²) >= 11 is 1.15. The molecule has 1 rings (SSSR count). The molecule has 0 fully saturated rings. The minimum Gasteiger partial charge on any atom is -0.466 e. The van der Waals surface area contributed by atoms with Crippen LogP contribution in [-0.2, 0) is 30.5 Å². The summed E-state index contributed by atoms with van der Waals surface area (Å²) in [7, 11) is 0. The molecule has 0 radical (unpaired) electrons. The maximum Gasteiger partial charge on any atom is 0.310 e. The highest BCUT2D eigenvalue weighted by atomic mass is 32.2. The van der Waals surface area contributed by atoms with Crippen molar-refractivity contribution in [1.82, 2.24) is 0 Å². The molecule has 6 heteroatoms. The molecular formula is C19H26O5S. The average Bonchev–Trinajstić information content (AvgIpc) is 2.61. The molecule has 25 heavy (non-hydrogen) atoms. The van der Waals surface area contributed by atoms with E-state index in [1.165, 1.54) is 0 Å². The van der Waals surface area contributed by atoms with Gasteiger partial charge in [-0.2, -0.15) is 0 Å². The summed E-state index contributed by atoms with van der Waals surface area (Å²) in [5.41, 5.74) is 1.04. The minimum absolute atomic E-state index is 0.0133. The van der Waals surface area contributed by atoms with Crippen LogP contribution in [0.15, 0.2) is 30.3 Å². The van der Waals surface area contributed by atoms with Gasteiger partial charge in [0.2, 0.25) is 0 Å². The molecule has 0 bridgehead atoms. The lowest BCUT2D eigenvalue weighted by Crippen LogP contribution is -2.29. The molecule has 0 aliphatic carbocycles. The van der Waals surface area contributed by atoms with Crippen LogP contribution in [0.4, 0.5) is 0 Å². The number of thioether (sulfide) groups is 1. The van der Waals surface area contributed by atoms with Gasteiger partial charge in [0.05, 0.1) is 19.1 Å². The number of carbonyl (C=O) groups is 3. The van der Waals surface area contributed by atoms with Gasteiger partial charge in [-0.05, 0) is 24.7 Å². The van der Waals surface area contributed by atoms with E-state index in [-0.39, 0.29) is 18.1 Å². The SMILES string of the molecule is CCOC(=O)C(CC(=O)SCC)C(C=O)CCOCc1ccccc1. The Morgan fingerprint density at radius 2 is 1.92 bits per heavy atom. The van der Waals surface area contributed by atoms with Crippen LogP contribution in [0.5, 0.6) is 0 Å². The number of ether oxygens (including phenoxy) is 2. The first-order chi connectivity index (χ1) is 12.1. The van der Waals surface area contributed by atoms with Crippen molar-refractivity contribution in [2.75, 3.05) is 19.0 Å². The summed E-state index contributed by atoms with van der Waals surface area (Å²) in [6.07, 6.45) is 1.13. The molecule has 0 saturated carbocycles. The highest BCUT2D eigenvalue weighted by Gasteiger charge is 2.31. The predicted octanol–water partition coefficient (Wildman–Crippen LogP) is 3.26. The number of rotatable bonds is 12. The van der Waals surface area contributed by atoms with Crippen molar-refractivity contribution in [3.05, 3.63) is 35.9 Å². The Kier molecular flexibility index (Phi) is 10.8. The molecule has 0 saturated heterocycles. The van der Waals surface area contributed by atoms with Crippen LogP contribution in [0.3, 0.4) is 0 Å². The van der Waals surface area contributed by atoms with Crippen molar-refractivity contribution in [2.24, 2.45) is 11.8 Å². The van der Waals surface area contributed by atoms with Crippen LogP contribution in [-0.4, -0.2) is 36.3 Å². The topological polar surface area (TPSA) is 69.7 Å². The fourth-order valence-electron chi connectivity index (χ4n) is 2.41. The number of carbonyl (C=O) groups excluding carboxylic acids is 3. The van der Waals surface area contributed by atoms with E-state index >= 15 is 0 Å². The van der Waals surface area contributed by atoms with E-state index in [0.717, 1.165) is 23.6 Å². The average molecular weight is 366 g/mol. The van der Waals surface area contributed by atoms with E-state index in [4.69, 9.17) is 9.47 Å². The van der Waals surface area contributed by atoms with Crippen LogP contribution in [0, 0.1) is 11.8 Å². The summed E-state index contributed by atoms with van der Waals surface area (Å²) in [5, 5.41) is -0.0994. The third kappa shape index (κ3) is 8.31. The van der Waals surface area contributed by atoms with Crippen molar-refractivity contribution >= 4 is 29.1 Å². The third-order valence-electron chi connectivity index (χ3n) is 3.68. The molecular weight excluding hydrogens is 340 g/mol. The van der Waals surface area contributed by atoms with E-state index in [1.54, 1.807) is 6.92 Å². The van der Waals surface area contributed by atoms with E-state index in [0.29, 0.717) is 25.4 Å². The van der Waals surface area contributed by atoms with E-state index in [9.17, 15) is 14.4 Å². The van der Waals surface area contributed by atoms with Gasteiger partial charge in [0.15, 0.2) is 5.12 Å². The van der Waals surface area contributed by atoms with Crippen LogP contribution < -0.4 is 0 Å². The van der Waals surface area contributed by atoms with Gasteiger partial charge in [0.1, 0.15) is 6.29 Å². The minimum atomic E-state index is -0.746. The molecule has 0 amide bonds. The largest absolute Gasteiger partial charge is 0.466 e. The second kappa shape index (κ2) is 12.7. The van der Waals surface area contributed by atoms with E-state index in [1.807, 2.05) is 37.3 Å². The zero-order valence-corrected chi connectivity index (χ0v) is 15.6. The monoisotopic (exact) mass is 366 g/mol. The van der Waals surface area contributed by atoms with E-state index in [2.05, 4.69) is 0 Å². The number of esters is 1. The smallest absolute Gasteiger partial charge is 0.310 e. The standard InChI is InChI=1S/C19H26O5S/c1-3-24-19(22)17(12-18(21)25-4-2)16(13-20)10-11-23-14-15-8-6-5-7-9-15/h5-9,13,16-17H,3-4,10-12,14H2,1-2H3. The normalized spacial score (nSPS) is 13.0. The molecule has 0 aliphatic heterocycles. The molecule has 0 aliphatic rings. The highest BCUT2D eigenvalue weighted by Crippen LogP contribution is 2.23. The van der Waals surface area contributed by atoms with Gasteiger partial charge < -0.3 is 14.3 Å². The van der Waals surface area contributed by atoms with Crippen molar-refractivity contribution in [3.8, 4) is 0 Å². The number of aldehydes is 1. The lowest BCUT2D eigenvalue weighted by Gasteiger charge is -2.20. The molecule has 0 aromatic heterocycles. The van der Waals surface area contributed by atoms with Gasteiger partial charge in [0, 0.05) is 18.9 Å². The predicted molar refractivity (Wildman–Crippen MR) is 98.1 cm³/mol. The van der Waals surface area contributed by atoms with Crippen LogP contribution in [0.2, 0.25) is 0 Å². The third-order valence-corrected chi connectivity index (χ3v) is 4.46. The summed E-state index contributed by atoms with van der Waals surface area (Å²) in [6, 6.07) is 9.71. The summed E-state index contributed by atoms with van der Waals surface area (Å²) in [6.45, 7) is 4.58. The fraction of sp³-hybridized carbons (Fsp3) is 0.526. The van der Waals surface area contributed by atoms with Crippen molar-refractivity contribution < 1.29 is 23.9 Å². The number of hydrogen-bond acceptors (Lipinski definition) is 6. The molecule has 0 heterocycles. The fourth-order valence-corrected chi connectivity index (χ4v) is 3.03. The van der Waals surface area contributed by atoms with Crippen LogP contribution in [0.1, 0.15) is 32.3 Å². The van der Waals surface area contributed by atoms with Gasteiger partial charge in [-0.15, -0.1) is 0 Å².